The average molecular weight is 246 g/mol. The van der Waals surface area contributed by atoms with Crippen LogP contribution in [0.2, 0.25) is 0 Å². The summed E-state index contributed by atoms with van der Waals surface area (Å²) in [6.07, 6.45) is 1.58. The van der Waals surface area contributed by atoms with Crippen LogP contribution in [0.15, 0.2) is 0 Å². The number of aliphatic carboxylic acids is 1. The predicted molar refractivity (Wildman–Crippen MR) is 63.9 cm³/mol. The maximum Gasteiger partial charge on any atom is 0.317 e. The SMILES string of the molecule is CCCN(CC(=O)O)CC(=O)NCCCOC. The normalized spacial score (nSPS) is 10.5. The molecule has 0 heterocycles. The number of nitrogens with one attached hydrogen (secondary N) is 1. The molecule has 0 atom stereocenters. The standard InChI is InChI=1S/C11H22N2O4/c1-3-6-13(9-11(15)16)8-10(14)12-5-4-7-17-2/h3-9H2,1-2H3,(H,12,14)(H,15,16). The van der Waals surface area contributed by atoms with E-state index in [2.05, 4.69) is 5.32 Å². The van der Waals surface area contributed by atoms with E-state index < -0.39 is 5.97 Å². The van der Waals surface area contributed by atoms with Crippen molar-refractivity contribution in [3.05, 3.63) is 0 Å². The first-order chi connectivity index (χ1) is 8.10. The Morgan fingerprint density at radius 1 is 1.35 bits per heavy atom. The molecule has 100 valence electrons. The van der Waals surface area contributed by atoms with Gasteiger partial charge in [-0.15, -0.1) is 0 Å². The van der Waals surface area contributed by atoms with E-state index in [4.69, 9.17) is 9.84 Å². The summed E-state index contributed by atoms with van der Waals surface area (Å²) in [6, 6.07) is 0. The van der Waals surface area contributed by atoms with Gasteiger partial charge in [-0.25, -0.2) is 0 Å². The quantitative estimate of drug-likeness (QED) is 0.528. The third-order valence-corrected chi connectivity index (χ3v) is 2.11. The lowest BCUT2D eigenvalue weighted by atomic mass is 10.3. The van der Waals surface area contributed by atoms with Crippen LogP contribution in [0, 0.1) is 0 Å². The van der Waals surface area contributed by atoms with E-state index >= 15 is 0 Å². The fourth-order valence-electron chi connectivity index (χ4n) is 1.42. The topological polar surface area (TPSA) is 78.9 Å². The van der Waals surface area contributed by atoms with E-state index in [0.29, 0.717) is 19.7 Å². The smallest absolute Gasteiger partial charge is 0.317 e. The maximum absolute atomic E-state index is 11.5. The third kappa shape index (κ3) is 9.77. The Morgan fingerprint density at radius 2 is 2.06 bits per heavy atom. The monoisotopic (exact) mass is 246 g/mol. The van der Waals surface area contributed by atoms with Crippen molar-refractivity contribution in [1.82, 2.24) is 10.2 Å². The van der Waals surface area contributed by atoms with Gasteiger partial charge in [0.15, 0.2) is 0 Å². The van der Waals surface area contributed by atoms with E-state index in [-0.39, 0.29) is 19.0 Å². The molecule has 0 aliphatic carbocycles. The molecule has 0 fully saturated rings. The number of hydrogen-bond acceptors (Lipinski definition) is 4. The first-order valence-electron chi connectivity index (χ1n) is 5.80. The summed E-state index contributed by atoms with van der Waals surface area (Å²) < 4.78 is 4.86. The van der Waals surface area contributed by atoms with Crippen molar-refractivity contribution in [1.29, 1.82) is 0 Å². The lowest BCUT2D eigenvalue weighted by molar-refractivity contribution is -0.138. The van der Waals surface area contributed by atoms with Crippen molar-refractivity contribution in [2.45, 2.75) is 19.8 Å². The first kappa shape index (κ1) is 15.9. The molecule has 0 aromatic heterocycles. The Morgan fingerprint density at radius 3 is 2.59 bits per heavy atom. The zero-order chi connectivity index (χ0) is 13.1. The minimum Gasteiger partial charge on any atom is -0.480 e. The molecule has 1 amide bonds. The van der Waals surface area contributed by atoms with Gasteiger partial charge in [0.25, 0.3) is 0 Å². The number of carbonyl (C=O) groups excluding carboxylic acids is 1. The number of nitrogens with zero attached hydrogens (tertiary/aromatic N) is 1. The molecule has 0 radical (unpaired) electrons. The Hall–Kier alpha value is -1.14. The lowest BCUT2D eigenvalue weighted by Gasteiger charge is -2.18. The second-order valence-corrected chi connectivity index (χ2v) is 3.80. The Kier molecular flexibility index (Phi) is 9.37. The number of methoxy groups -OCH3 is 1. The van der Waals surface area contributed by atoms with Gasteiger partial charge in [0.05, 0.1) is 13.1 Å². The highest BCUT2D eigenvalue weighted by molar-refractivity contribution is 5.78. The molecule has 17 heavy (non-hydrogen) atoms. The molecule has 0 aromatic rings. The Labute approximate surface area is 102 Å². The van der Waals surface area contributed by atoms with Crippen LogP contribution < -0.4 is 5.32 Å². The maximum atomic E-state index is 11.5. The van der Waals surface area contributed by atoms with Crippen molar-refractivity contribution in [3.8, 4) is 0 Å². The van der Waals surface area contributed by atoms with Crippen LogP contribution in [0.3, 0.4) is 0 Å². The summed E-state index contributed by atoms with van der Waals surface area (Å²) >= 11 is 0. The second kappa shape index (κ2) is 10.0. The highest BCUT2D eigenvalue weighted by atomic mass is 16.5. The minimum absolute atomic E-state index is 0.0979. The number of hydrogen-bond donors (Lipinski definition) is 2. The van der Waals surface area contributed by atoms with Gasteiger partial charge in [-0.2, -0.15) is 0 Å². The largest absolute Gasteiger partial charge is 0.480 e. The van der Waals surface area contributed by atoms with Gasteiger partial charge in [0.2, 0.25) is 5.91 Å². The number of rotatable bonds is 10. The van der Waals surface area contributed by atoms with Gasteiger partial charge < -0.3 is 15.2 Å². The number of ether oxygens (including phenoxy) is 1. The van der Waals surface area contributed by atoms with E-state index in [1.807, 2.05) is 6.92 Å². The van der Waals surface area contributed by atoms with E-state index in [0.717, 1.165) is 12.8 Å². The first-order valence-corrected chi connectivity index (χ1v) is 5.80. The Balaban J connectivity index is 3.82. The van der Waals surface area contributed by atoms with Gasteiger partial charge in [0.1, 0.15) is 0 Å². The van der Waals surface area contributed by atoms with E-state index in [1.165, 1.54) is 0 Å². The van der Waals surface area contributed by atoms with Crippen LogP contribution in [0.5, 0.6) is 0 Å². The molecule has 6 nitrogen and oxygen atoms in total. The molecule has 6 heteroatoms. The minimum atomic E-state index is -0.911. The molecule has 2 N–H and O–H groups in total. The molecule has 0 spiro atoms. The lowest BCUT2D eigenvalue weighted by Crippen LogP contribution is -2.40. The summed E-state index contributed by atoms with van der Waals surface area (Å²) in [4.78, 5) is 23.7. The summed E-state index contributed by atoms with van der Waals surface area (Å²) in [7, 11) is 1.61. The zero-order valence-electron chi connectivity index (χ0n) is 10.6. The Bertz CT molecular complexity index is 234. The molecule has 0 saturated carbocycles. The van der Waals surface area contributed by atoms with Crippen molar-refractivity contribution in [2.24, 2.45) is 0 Å². The fraction of sp³-hybridized carbons (Fsp3) is 0.818. The third-order valence-electron chi connectivity index (χ3n) is 2.11. The van der Waals surface area contributed by atoms with Gasteiger partial charge in [-0.1, -0.05) is 6.92 Å². The summed E-state index contributed by atoms with van der Waals surface area (Å²) in [5.41, 5.74) is 0. The molecular weight excluding hydrogens is 224 g/mol. The highest BCUT2D eigenvalue weighted by Crippen LogP contribution is 1.91. The molecule has 0 bridgehead atoms. The zero-order valence-corrected chi connectivity index (χ0v) is 10.6. The molecule has 0 unspecified atom stereocenters. The molecule has 0 aliphatic heterocycles. The highest BCUT2D eigenvalue weighted by Gasteiger charge is 2.12. The number of carboxylic acid groups (broad SMARTS) is 1. The van der Waals surface area contributed by atoms with Gasteiger partial charge >= 0.3 is 5.97 Å². The van der Waals surface area contributed by atoms with Crippen LogP contribution >= 0.6 is 0 Å². The van der Waals surface area contributed by atoms with Gasteiger partial charge in [-0.3, -0.25) is 14.5 Å². The number of carboxylic acids is 1. The van der Waals surface area contributed by atoms with Crippen molar-refractivity contribution < 1.29 is 19.4 Å². The van der Waals surface area contributed by atoms with Crippen molar-refractivity contribution in [3.63, 3.8) is 0 Å². The molecule has 0 aliphatic rings. The average Bonchev–Trinajstić information content (AvgIpc) is 2.24. The fourth-order valence-corrected chi connectivity index (χ4v) is 1.42. The predicted octanol–water partition coefficient (Wildman–Crippen LogP) is -0.0643. The van der Waals surface area contributed by atoms with Crippen LogP contribution in [-0.4, -0.2) is 61.8 Å². The molecular formula is C11H22N2O4. The molecule has 0 saturated heterocycles. The van der Waals surface area contributed by atoms with Crippen LogP contribution in [0.25, 0.3) is 0 Å². The second-order valence-electron chi connectivity index (χ2n) is 3.80. The van der Waals surface area contributed by atoms with Crippen LogP contribution in [0.4, 0.5) is 0 Å². The van der Waals surface area contributed by atoms with E-state index in [9.17, 15) is 9.59 Å². The van der Waals surface area contributed by atoms with E-state index in [1.54, 1.807) is 12.0 Å². The van der Waals surface area contributed by atoms with Crippen LogP contribution in [0.1, 0.15) is 19.8 Å². The summed E-state index contributed by atoms with van der Waals surface area (Å²) in [5.74, 6) is -1.05. The van der Waals surface area contributed by atoms with Crippen molar-refractivity contribution >= 4 is 11.9 Å². The van der Waals surface area contributed by atoms with Gasteiger partial charge in [0, 0.05) is 20.3 Å². The molecule has 0 rings (SSSR count). The van der Waals surface area contributed by atoms with Crippen molar-refractivity contribution in [2.75, 3.05) is 39.9 Å². The molecule has 0 aromatic carbocycles. The summed E-state index contributed by atoms with van der Waals surface area (Å²) in [5, 5.41) is 11.4. The number of carbonyl (C=O) groups is 2. The van der Waals surface area contributed by atoms with Gasteiger partial charge in [-0.05, 0) is 19.4 Å². The summed E-state index contributed by atoms with van der Waals surface area (Å²) in [6.45, 7) is 3.75. The van der Waals surface area contributed by atoms with Crippen LogP contribution in [-0.2, 0) is 14.3 Å². The number of amides is 1.